The summed E-state index contributed by atoms with van der Waals surface area (Å²) in [6.45, 7) is 4.48. The lowest BCUT2D eigenvalue weighted by atomic mass is 9.64. The van der Waals surface area contributed by atoms with Crippen molar-refractivity contribution in [1.29, 1.82) is 0 Å². The monoisotopic (exact) mass is 297 g/mol. The Morgan fingerprint density at radius 1 is 1.24 bits per heavy atom. The maximum absolute atomic E-state index is 13.4. The third-order valence-electron chi connectivity index (χ3n) is 4.98. The number of benzene rings is 1. The number of hydrogen-bond acceptors (Lipinski definition) is 2. The van der Waals surface area contributed by atoms with Gasteiger partial charge in [-0.15, -0.1) is 0 Å². The van der Waals surface area contributed by atoms with Crippen LogP contribution in [0.25, 0.3) is 0 Å². The number of hydrogen-bond donors (Lipinski definition) is 2. The highest BCUT2D eigenvalue weighted by molar-refractivity contribution is 5.24. The van der Waals surface area contributed by atoms with Crippen molar-refractivity contribution in [2.24, 2.45) is 17.1 Å². The molecular formula is C17H25F2NO. The van der Waals surface area contributed by atoms with Gasteiger partial charge in [-0.3, -0.25) is 0 Å². The van der Waals surface area contributed by atoms with Crippen molar-refractivity contribution in [3.63, 3.8) is 0 Å². The minimum atomic E-state index is -0.675. The minimum Gasteiger partial charge on any atom is -0.392 e. The molecule has 3 unspecified atom stereocenters. The molecule has 0 amide bonds. The van der Waals surface area contributed by atoms with Crippen LogP contribution in [0.15, 0.2) is 18.2 Å². The highest BCUT2D eigenvalue weighted by Crippen LogP contribution is 2.45. The first kappa shape index (κ1) is 16.4. The van der Waals surface area contributed by atoms with Gasteiger partial charge in [0.25, 0.3) is 0 Å². The molecule has 3 atom stereocenters. The molecule has 1 aliphatic carbocycles. The molecule has 2 rings (SSSR count). The van der Waals surface area contributed by atoms with Gasteiger partial charge in [-0.05, 0) is 41.9 Å². The second-order valence-corrected chi connectivity index (χ2v) is 6.88. The van der Waals surface area contributed by atoms with E-state index in [0.29, 0.717) is 5.56 Å². The van der Waals surface area contributed by atoms with Crippen LogP contribution in [0, 0.1) is 23.0 Å². The quantitative estimate of drug-likeness (QED) is 0.892. The van der Waals surface area contributed by atoms with Crippen molar-refractivity contribution >= 4 is 0 Å². The average molecular weight is 297 g/mol. The van der Waals surface area contributed by atoms with Crippen LogP contribution in [0.4, 0.5) is 8.78 Å². The van der Waals surface area contributed by atoms with Crippen LogP contribution in [0.3, 0.4) is 0 Å². The van der Waals surface area contributed by atoms with Crippen LogP contribution in [-0.2, 0) is 0 Å². The second kappa shape index (κ2) is 6.41. The van der Waals surface area contributed by atoms with E-state index in [1.54, 1.807) is 0 Å². The van der Waals surface area contributed by atoms with E-state index in [-0.39, 0.29) is 17.9 Å². The van der Waals surface area contributed by atoms with Crippen molar-refractivity contribution in [3.8, 4) is 0 Å². The van der Waals surface area contributed by atoms with Crippen LogP contribution < -0.4 is 5.73 Å². The first-order chi connectivity index (χ1) is 9.85. The zero-order chi connectivity index (χ0) is 15.6. The molecule has 1 fully saturated rings. The molecule has 1 aliphatic rings. The van der Waals surface area contributed by atoms with E-state index in [0.717, 1.165) is 31.7 Å². The number of nitrogens with two attached hydrogens (primary N) is 1. The van der Waals surface area contributed by atoms with Gasteiger partial charge in [-0.2, -0.15) is 0 Å². The molecule has 3 N–H and O–H groups in total. The van der Waals surface area contributed by atoms with Gasteiger partial charge >= 0.3 is 0 Å². The lowest BCUT2D eigenvalue weighted by molar-refractivity contribution is -0.00902. The fourth-order valence-corrected chi connectivity index (χ4v) is 3.70. The molecule has 0 bridgehead atoms. The standard InChI is InChI=1S/C17H25F2NO/c1-17(2)6-4-3-5-15(17)16(21)14(10-20)11-7-12(18)9-13(19)8-11/h7-9,14-16,21H,3-6,10,20H2,1-2H3. The molecule has 118 valence electrons. The summed E-state index contributed by atoms with van der Waals surface area (Å²) in [5, 5.41) is 10.8. The molecule has 1 saturated carbocycles. The second-order valence-electron chi connectivity index (χ2n) is 6.88. The summed E-state index contributed by atoms with van der Waals surface area (Å²) < 4.78 is 26.8. The van der Waals surface area contributed by atoms with Crippen LogP contribution in [-0.4, -0.2) is 17.8 Å². The third kappa shape index (κ3) is 3.61. The zero-order valence-electron chi connectivity index (χ0n) is 12.8. The lowest BCUT2D eigenvalue weighted by Crippen LogP contribution is -2.42. The summed E-state index contributed by atoms with van der Waals surface area (Å²) >= 11 is 0. The SMILES string of the molecule is CC1(C)CCCCC1C(O)C(CN)c1cc(F)cc(F)c1. The lowest BCUT2D eigenvalue weighted by Gasteiger charge is -2.43. The van der Waals surface area contributed by atoms with Crippen molar-refractivity contribution in [2.45, 2.75) is 51.6 Å². The Bertz CT molecular complexity index is 469. The minimum absolute atomic E-state index is 0.0248. The molecule has 0 radical (unpaired) electrons. The fourth-order valence-electron chi connectivity index (χ4n) is 3.70. The van der Waals surface area contributed by atoms with E-state index in [9.17, 15) is 13.9 Å². The predicted octanol–water partition coefficient (Wildman–Crippen LogP) is 3.58. The smallest absolute Gasteiger partial charge is 0.126 e. The molecule has 21 heavy (non-hydrogen) atoms. The summed E-state index contributed by atoms with van der Waals surface area (Å²) in [4.78, 5) is 0. The largest absolute Gasteiger partial charge is 0.392 e. The topological polar surface area (TPSA) is 46.2 Å². The molecule has 4 heteroatoms. The van der Waals surface area contributed by atoms with E-state index in [4.69, 9.17) is 5.73 Å². The van der Waals surface area contributed by atoms with Gasteiger partial charge in [-0.25, -0.2) is 8.78 Å². The number of aliphatic hydroxyl groups is 1. The average Bonchev–Trinajstić information content (AvgIpc) is 2.37. The normalized spacial score (nSPS) is 24.6. The van der Waals surface area contributed by atoms with E-state index < -0.39 is 23.7 Å². The molecule has 2 nitrogen and oxygen atoms in total. The van der Waals surface area contributed by atoms with Gasteiger partial charge in [0.05, 0.1) is 6.10 Å². The Morgan fingerprint density at radius 3 is 2.38 bits per heavy atom. The highest BCUT2D eigenvalue weighted by atomic mass is 19.1. The maximum atomic E-state index is 13.4. The Labute approximate surface area is 125 Å². The van der Waals surface area contributed by atoms with Gasteiger partial charge in [0.15, 0.2) is 0 Å². The third-order valence-corrected chi connectivity index (χ3v) is 4.98. The molecular weight excluding hydrogens is 272 g/mol. The van der Waals surface area contributed by atoms with E-state index in [2.05, 4.69) is 13.8 Å². The van der Waals surface area contributed by atoms with Crippen LogP contribution in [0.2, 0.25) is 0 Å². The van der Waals surface area contributed by atoms with Gasteiger partial charge in [0.2, 0.25) is 0 Å². The zero-order valence-corrected chi connectivity index (χ0v) is 12.8. The van der Waals surface area contributed by atoms with Gasteiger partial charge in [0.1, 0.15) is 11.6 Å². The summed E-state index contributed by atoms with van der Waals surface area (Å²) in [7, 11) is 0. The van der Waals surface area contributed by atoms with Crippen molar-refractivity contribution in [3.05, 3.63) is 35.4 Å². The van der Waals surface area contributed by atoms with Crippen LogP contribution in [0.1, 0.15) is 51.0 Å². The predicted molar refractivity (Wildman–Crippen MR) is 79.9 cm³/mol. The number of aliphatic hydroxyl groups excluding tert-OH is 1. The maximum Gasteiger partial charge on any atom is 0.126 e. The van der Waals surface area contributed by atoms with E-state index in [1.807, 2.05) is 0 Å². The summed E-state index contributed by atoms with van der Waals surface area (Å²) in [6.07, 6.45) is 3.57. The van der Waals surface area contributed by atoms with Crippen molar-refractivity contribution < 1.29 is 13.9 Å². The Balaban J connectivity index is 2.27. The van der Waals surface area contributed by atoms with Crippen LogP contribution >= 0.6 is 0 Å². The Morgan fingerprint density at radius 2 is 1.86 bits per heavy atom. The summed E-state index contributed by atoms with van der Waals surface area (Å²) in [5.41, 5.74) is 6.27. The van der Waals surface area contributed by atoms with Gasteiger partial charge in [0, 0.05) is 18.5 Å². The molecule has 1 aromatic carbocycles. The molecule has 0 spiro atoms. The Hall–Kier alpha value is -1.00. The molecule has 0 heterocycles. The fraction of sp³-hybridized carbons (Fsp3) is 0.647. The van der Waals surface area contributed by atoms with E-state index in [1.165, 1.54) is 12.1 Å². The Kier molecular flexibility index (Phi) is 4.99. The molecule has 0 aliphatic heterocycles. The summed E-state index contributed by atoms with van der Waals surface area (Å²) in [6, 6.07) is 3.40. The van der Waals surface area contributed by atoms with Crippen LogP contribution in [0.5, 0.6) is 0 Å². The summed E-state index contributed by atoms with van der Waals surface area (Å²) in [5.74, 6) is -1.58. The number of rotatable bonds is 4. The molecule has 0 aromatic heterocycles. The van der Waals surface area contributed by atoms with Crippen molar-refractivity contribution in [2.75, 3.05) is 6.54 Å². The van der Waals surface area contributed by atoms with Gasteiger partial charge in [-0.1, -0.05) is 26.7 Å². The first-order valence-corrected chi connectivity index (χ1v) is 7.69. The number of halogens is 2. The highest BCUT2D eigenvalue weighted by Gasteiger charge is 2.40. The van der Waals surface area contributed by atoms with Crippen molar-refractivity contribution in [1.82, 2.24) is 0 Å². The van der Waals surface area contributed by atoms with Gasteiger partial charge < -0.3 is 10.8 Å². The molecule has 1 aromatic rings. The molecule has 0 saturated heterocycles. The first-order valence-electron chi connectivity index (χ1n) is 7.69. The van der Waals surface area contributed by atoms with E-state index >= 15 is 0 Å².